The molecule has 0 saturated heterocycles. The summed E-state index contributed by atoms with van der Waals surface area (Å²) in [5, 5.41) is 12.8. The third kappa shape index (κ3) is 4.27. The molecule has 0 spiro atoms. The van der Waals surface area contributed by atoms with Crippen LogP contribution < -0.4 is 11.1 Å². The van der Waals surface area contributed by atoms with Crippen LogP contribution in [0.3, 0.4) is 0 Å². The lowest BCUT2D eigenvalue weighted by Gasteiger charge is -2.13. The highest BCUT2D eigenvalue weighted by atomic mass is 35.5. The van der Waals surface area contributed by atoms with Crippen LogP contribution in [-0.4, -0.2) is 25.4 Å². The van der Waals surface area contributed by atoms with Crippen LogP contribution in [0.1, 0.15) is 27.3 Å². The fourth-order valence-corrected chi connectivity index (χ4v) is 3.55. The number of aromatic nitrogens is 3. The smallest absolute Gasteiger partial charge is 0.382 e. The second-order valence-corrected chi connectivity index (χ2v) is 7.57. The summed E-state index contributed by atoms with van der Waals surface area (Å²) in [6.07, 6.45) is -6.29. The lowest BCUT2D eigenvalue weighted by molar-refractivity contribution is -0.142. The number of hydrogen-bond donors (Lipinski definition) is 3. The number of nitrogens with two attached hydrogens (primary N) is 1. The number of aliphatic hydroxyl groups is 1. The van der Waals surface area contributed by atoms with Crippen LogP contribution in [0.25, 0.3) is 16.8 Å². The first-order valence-electron chi connectivity index (χ1n) is 11.0. The van der Waals surface area contributed by atoms with Gasteiger partial charge in [-0.3, -0.25) is 9.20 Å². The Balaban J connectivity index is 1.77. The van der Waals surface area contributed by atoms with Crippen LogP contribution in [0.5, 0.6) is 0 Å². The van der Waals surface area contributed by atoms with Crippen molar-refractivity contribution in [3.8, 4) is 11.3 Å². The zero-order valence-electron chi connectivity index (χ0n) is 19.9. The van der Waals surface area contributed by atoms with Crippen molar-refractivity contribution in [2.24, 2.45) is 0 Å². The molecule has 4 N–H and O–H groups in total. The Kier molecular flexibility index (Phi) is 4.98. The maximum absolute atomic E-state index is 15.2. The second-order valence-electron chi connectivity index (χ2n) is 7.14. The van der Waals surface area contributed by atoms with Gasteiger partial charge in [-0.1, -0.05) is 23.7 Å². The molecule has 2 heterocycles. The van der Waals surface area contributed by atoms with E-state index in [1.54, 1.807) is 6.07 Å². The van der Waals surface area contributed by atoms with Gasteiger partial charge in [-0.05, 0) is 42.7 Å². The number of halogens is 5. The topological polar surface area (TPSA) is 106 Å². The van der Waals surface area contributed by atoms with Crippen molar-refractivity contribution in [1.82, 2.24) is 14.4 Å². The first-order chi connectivity index (χ1) is 17.2. The molecule has 1 atom stereocenters. The molecule has 0 aliphatic carbocycles. The number of aryl methyl sites for hydroxylation is 1. The molecule has 1 amide bonds. The molecular formula is C22H16ClF4N5O2. The number of amides is 1. The molecule has 0 saturated carbocycles. The fourth-order valence-electron chi connectivity index (χ4n) is 3.35. The van der Waals surface area contributed by atoms with E-state index < -0.39 is 65.0 Å². The number of imidazole rings is 1. The third-order valence-corrected chi connectivity index (χ3v) is 5.12. The van der Waals surface area contributed by atoms with E-state index in [4.69, 9.17) is 21.4 Å². The molecule has 4 aromatic rings. The Morgan fingerprint density at radius 3 is 2.71 bits per heavy atom. The van der Waals surface area contributed by atoms with Crippen LogP contribution in [0.15, 0.2) is 48.7 Å². The molecule has 0 fully saturated rings. The van der Waals surface area contributed by atoms with Crippen molar-refractivity contribution >= 4 is 34.5 Å². The highest BCUT2D eigenvalue weighted by Crippen LogP contribution is 2.36. The summed E-state index contributed by atoms with van der Waals surface area (Å²) in [7, 11) is 0. The van der Waals surface area contributed by atoms with Crippen LogP contribution in [0.4, 0.5) is 29.1 Å². The van der Waals surface area contributed by atoms with Gasteiger partial charge in [0.05, 0.1) is 6.20 Å². The van der Waals surface area contributed by atoms with E-state index in [-0.39, 0.29) is 16.3 Å². The number of benzene rings is 2. The summed E-state index contributed by atoms with van der Waals surface area (Å²) in [6, 6.07) is 8.99. The van der Waals surface area contributed by atoms with Crippen molar-refractivity contribution in [3.63, 3.8) is 0 Å². The van der Waals surface area contributed by atoms with Gasteiger partial charge >= 0.3 is 6.18 Å². The quantitative estimate of drug-likeness (QED) is 0.353. The second kappa shape index (κ2) is 8.58. The van der Waals surface area contributed by atoms with Crippen molar-refractivity contribution in [2.45, 2.75) is 19.1 Å². The SMILES string of the molecule is [2H]C([2H])([2H])c1nc(-c2ccc(NC(=O)[C@@H](O)c3cccc(Cl)c3)cc2F)c2c(N)ncc(C(F)(F)F)n12. The van der Waals surface area contributed by atoms with Gasteiger partial charge in [0.2, 0.25) is 0 Å². The molecule has 4 rings (SSSR count). The minimum absolute atomic E-state index is 0.103. The number of carbonyl (C=O) groups is 1. The summed E-state index contributed by atoms with van der Waals surface area (Å²) in [4.78, 5) is 19.7. The molecule has 0 aliphatic rings. The number of nitrogen functional groups attached to an aromatic ring is 1. The first-order valence-corrected chi connectivity index (χ1v) is 9.85. The average Bonchev–Trinajstić information content (AvgIpc) is 3.19. The highest BCUT2D eigenvalue weighted by Gasteiger charge is 2.36. The number of alkyl halides is 3. The monoisotopic (exact) mass is 496 g/mol. The number of nitrogens with one attached hydrogen (secondary N) is 1. The molecule has 0 aliphatic heterocycles. The minimum Gasteiger partial charge on any atom is -0.382 e. The molecule has 0 bridgehead atoms. The normalized spacial score (nSPS) is 14.4. The summed E-state index contributed by atoms with van der Waals surface area (Å²) in [5.41, 5.74) is 2.96. The van der Waals surface area contributed by atoms with Crippen LogP contribution >= 0.6 is 11.6 Å². The Bertz CT molecular complexity index is 1520. The number of nitrogens with zero attached hydrogens (tertiary/aromatic N) is 3. The van der Waals surface area contributed by atoms with E-state index in [0.717, 1.165) is 12.1 Å². The van der Waals surface area contributed by atoms with Gasteiger partial charge in [-0.15, -0.1) is 0 Å². The lowest BCUT2D eigenvalue weighted by atomic mass is 10.1. The molecular weight excluding hydrogens is 478 g/mol. The van der Waals surface area contributed by atoms with Gasteiger partial charge in [0.1, 0.15) is 34.4 Å². The van der Waals surface area contributed by atoms with E-state index in [1.807, 2.05) is 0 Å². The Hall–Kier alpha value is -3.70. The standard InChI is InChI=1S/C22H16ClF4N5O2/c1-10-30-17(18-20(28)29-9-16(32(10)18)22(25,26)27)14-6-5-13(8-15(14)24)31-21(34)19(33)11-3-2-4-12(23)7-11/h2-9,19,33H,1H3,(H2,28,29)(H,31,34)/t19-/m0/s1/i1D3. The van der Waals surface area contributed by atoms with Gasteiger partial charge in [0.25, 0.3) is 5.91 Å². The Morgan fingerprint density at radius 1 is 1.29 bits per heavy atom. The van der Waals surface area contributed by atoms with E-state index in [1.165, 1.54) is 24.3 Å². The zero-order valence-corrected chi connectivity index (χ0v) is 17.6. The van der Waals surface area contributed by atoms with Gasteiger partial charge in [0.15, 0.2) is 6.10 Å². The van der Waals surface area contributed by atoms with Gasteiger partial charge in [-0.25, -0.2) is 14.4 Å². The number of rotatable bonds is 4. The van der Waals surface area contributed by atoms with Crippen molar-refractivity contribution in [1.29, 1.82) is 0 Å². The van der Waals surface area contributed by atoms with Crippen LogP contribution in [-0.2, 0) is 11.0 Å². The predicted octanol–water partition coefficient (Wildman–Crippen LogP) is 4.77. The summed E-state index contributed by atoms with van der Waals surface area (Å²) in [6.45, 7) is -3.12. The number of hydrogen-bond acceptors (Lipinski definition) is 5. The maximum Gasteiger partial charge on any atom is 0.433 e. The number of anilines is 2. The fraction of sp³-hybridized carbons (Fsp3) is 0.136. The molecule has 12 heteroatoms. The first kappa shape index (κ1) is 19.7. The molecule has 2 aromatic heterocycles. The number of fused-ring (bicyclic) bond motifs is 1. The van der Waals surface area contributed by atoms with Crippen molar-refractivity contribution < 1.29 is 31.6 Å². The number of carbonyl (C=O) groups excluding carboxylic acids is 1. The van der Waals surface area contributed by atoms with E-state index in [9.17, 15) is 23.1 Å². The largest absolute Gasteiger partial charge is 0.433 e. The zero-order chi connectivity index (χ0) is 27.3. The van der Waals surface area contributed by atoms with Gasteiger partial charge < -0.3 is 16.2 Å². The highest BCUT2D eigenvalue weighted by molar-refractivity contribution is 6.30. The van der Waals surface area contributed by atoms with Crippen molar-refractivity contribution in [2.75, 3.05) is 11.1 Å². The van der Waals surface area contributed by atoms with E-state index in [2.05, 4.69) is 15.3 Å². The van der Waals surface area contributed by atoms with Crippen LogP contribution in [0, 0.1) is 12.7 Å². The Morgan fingerprint density at radius 2 is 2.06 bits per heavy atom. The predicted molar refractivity (Wildman–Crippen MR) is 118 cm³/mol. The third-order valence-electron chi connectivity index (χ3n) is 4.88. The molecule has 176 valence electrons. The average molecular weight is 497 g/mol. The molecule has 0 radical (unpaired) electrons. The summed E-state index contributed by atoms with van der Waals surface area (Å²) in [5.74, 6) is -3.47. The van der Waals surface area contributed by atoms with E-state index in [0.29, 0.717) is 10.6 Å². The summed E-state index contributed by atoms with van der Waals surface area (Å²) < 4.78 is 79.3. The van der Waals surface area contributed by atoms with Gasteiger partial charge in [-0.2, -0.15) is 13.2 Å². The minimum atomic E-state index is -5.02. The van der Waals surface area contributed by atoms with E-state index >= 15 is 4.39 Å². The molecule has 0 unspecified atom stereocenters. The van der Waals surface area contributed by atoms with Gasteiger partial charge in [0, 0.05) is 20.4 Å². The van der Waals surface area contributed by atoms with Crippen LogP contribution in [0.2, 0.25) is 5.02 Å². The lowest BCUT2D eigenvalue weighted by Crippen LogP contribution is -2.20. The maximum atomic E-state index is 15.2. The molecule has 34 heavy (non-hydrogen) atoms. The van der Waals surface area contributed by atoms with Crippen molar-refractivity contribution in [3.05, 3.63) is 76.6 Å². The Labute approximate surface area is 199 Å². The number of aliphatic hydroxyl groups excluding tert-OH is 1. The molecule has 7 nitrogen and oxygen atoms in total. The molecule has 2 aromatic carbocycles. The summed E-state index contributed by atoms with van der Waals surface area (Å²) >= 11 is 5.86.